The van der Waals surface area contributed by atoms with Crippen LogP contribution in [0.5, 0.6) is 0 Å². The Kier molecular flexibility index (Phi) is 4.70. The Labute approximate surface area is 156 Å². The van der Waals surface area contributed by atoms with Crippen LogP contribution in [-0.2, 0) is 30.2 Å². The van der Waals surface area contributed by atoms with E-state index in [2.05, 4.69) is 28.8 Å². The highest BCUT2D eigenvalue weighted by Crippen LogP contribution is 2.35. The molecule has 1 atom stereocenters. The van der Waals surface area contributed by atoms with Gasteiger partial charge in [0.15, 0.2) is 0 Å². The molecule has 130 valence electrons. The molecule has 0 saturated carbocycles. The molecule has 1 aromatic heterocycles. The van der Waals surface area contributed by atoms with Crippen molar-refractivity contribution in [3.05, 3.63) is 64.3 Å². The Morgan fingerprint density at radius 3 is 2.56 bits per heavy atom. The number of aromatic nitrogens is 1. The SMILES string of the molecule is CS(=O)c1cccc2c3c(n(Cc4ccc(Cl)cc4)c12)CCCCC3. The molecule has 4 rings (SSSR count). The number of benzene rings is 2. The minimum atomic E-state index is -1.00. The third-order valence-corrected chi connectivity index (χ3v) is 6.37. The topological polar surface area (TPSA) is 22.0 Å². The first-order valence-corrected chi connectivity index (χ1v) is 10.8. The minimum absolute atomic E-state index is 0.760. The van der Waals surface area contributed by atoms with Crippen LogP contribution in [0.1, 0.15) is 36.1 Å². The van der Waals surface area contributed by atoms with Crippen molar-refractivity contribution < 1.29 is 4.21 Å². The fourth-order valence-electron chi connectivity index (χ4n) is 4.01. The summed E-state index contributed by atoms with van der Waals surface area (Å²) in [5.41, 5.74) is 5.28. The number of hydrogen-bond donors (Lipinski definition) is 0. The fourth-order valence-corrected chi connectivity index (χ4v) is 4.90. The van der Waals surface area contributed by atoms with Gasteiger partial charge in [-0.2, -0.15) is 0 Å². The van der Waals surface area contributed by atoms with E-state index >= 15 is 0 Å². The van der Waals surface area contributed by atoms with E-state index in [0.717, 1.165) is 34.8 Å². The van der Waals surface area contributed by atoms with Gasteiger partial charge < -0.3 is 4.57 Å². The third-order valence-electron chi connectivity index (χ3n) is 5.17. The first-order valence-electron chi connectivity index (χ1n) is 8.86. The molecule has 0 amide bonds. The van der Waals surface area contributed by atoms with Crippen LogP contribution in [-0.4, -0.2) is 15.0 Å². The summed E-state index contributed by atoms with van der Waals surface area (Å²) in [5.74, 6) is 0. The van der Waals surface area contributed by atoms with E-state index in [-0.39, 0.29) is 0 Å². The quantitative estimate of drug-likeness (QED) is 0.569. The van der Waals surface area contributed by atoms with Gasteiger partial charge in [-0.25, -0.2) is 0 Å². The maximum Gasteiger partial charge on any atom is 0.0652 e. The lowest BCUT2D eigenvalue weighted by molar-refractivity contribution is 0.681. The molecular formula is C21H22ClNOS. The van der Waals surface area contributed by atoms with E-state index in [9.17, 15) is 4.21 Å². The molecule has 4 heteroatoms. The summed E-state index contributed by atoms with van der Waals surface area (Å²) in [7, 11) is -1.00. The van der Waals surface area contributed by atoms with Crippen LogP contribution in [0.25, 0.3) is 10.9 Å². The van der Waals surface area contributed by atoms with Crippen molar-refractivity contribution in [2.24, 2.45) is 0 Å². The summed E-state index contributed by atoms with van der Waals surface area (Å²) in [5, 5.41) is 2.05. The first kappa shape index (κ1) is 16.9. The van der Waals surface area contributed by atoms with Crippen molar-refractivity contribution in [2.45, 2.75) is 43.5 Å². The second kappa shape index (κ2) is 6.97. The number of fused-ring (bicyclic) bond motifs is 3. The van der Waals surface area contributed by atoms with Crippen LogP contribution in [0, 0.1) is 0 Å². The second-order valence-corrected chi connectivity index (χ2v) is 8.59. The molecule has 2 nitrogen and oxygen atoms in total. The van der Waals surface area contributed by atoms with Gasteiger partial charge in [-0.05, 0) is 55.0 Å². The molecule has 0 spiro atoms. The molecule has 0 aliphatic heterocycles. The maximum absolute atomic E-state index is 12.4. The van der Waals surface area contributed by atoms with E-state index in [1.807, 2.05) is 18.2 Å². The normalized spacial score (nSPS) is 15.8. The highest BCUT2D eigenvalue weighted by Gasteiger charge is 2.21. The van der Waals surface area contributed by atoms with E-state index < -0.39 is 10.8 Å². The Morgan fingerprint density at radius 1 is 1.04 bits per heavy atom. The van der Waals surface area contributed by atoms with Gasteiger partial charge in [0.05, 0.1) is 21.2 Å². The summed E-state index contributed by atoms with van der Waals surface area (Å²) >= 11 is 6.05. The number of nitrogens with zero attached hydrogens (tertiary/aromatic N) is 1. The molecule has 0 radical (unpaired) electrons. The van der Waals surface area contributed by atoms with Crippen molar-refractivity contribution in [1.29, 1.82) is 0 Å². The summed E-state index contributed by atoms with van der Waals surface area (Å²) in [6, 6.07) is 14.3. The Bertz CT molecular complexity index is 943. The molecule has 25 heavy (non-hydrogen) atoms. The van der Waals surface area contributed by atoms with E-state index in [1.165, 1.54) is 41.5 Å². The van der Waals surface area contributed by atoms with Crippen molar-refractivity contribution in [3.8, 4) is 0 Å². The van der Waals surface area contributed by atoms with Crippen LogP contribution in [0.15, 0.2) is 47.4 Å². The molecule has 0 saturated heterocycles. The Morgan fingerprint density at radius 2 is 1.80 bits per heavy atom. The van der Waals surface area contributed by atoms with Gasteiger partial charge in [0, 0.05) is 28.9 Å². The van der Waals surface area contributed by atoms with Gasteiger partial charge in [-0.1, -0.05) is 42.3 Å². The van der Waals surface area contributed by atoms with Crippen LogP contribution < -0.4 is 0 Å². The van der Waals surface area contributed by atoms with Crippen molar-refractivity contribution in [2.75, 3.05) is 6.26 Å². The first-order chi connectivity index (χ1) is 12.1. The highest BCUT2D eigenvalue weighted by atomic mass is 35.5. The van der Waals surface area contributed by atoms with Crippen molar-refractivity contribution in [1.82, 2.24) is 4.57 Å². The zero-order valence-electron chi connectivity index (χ0n) is 14.4. The largest absolute Gasteiger partial charge is 0.339 e. The zero-order valence-corrected chi connectivity index (χ0v) is 16.0. The lowest BCUT2D eigenvalue weighted by Gasteiger charge is -2.13. The van der Waals surface area contributed by atoms with Gasteiger partial charge in [-0.15, -0.1) is 0 Å². The molecule has 0 bridgehead atoms. The number of aryl methyl sites for hydroxylation is 1. The molecule has 0 N–H and O–H groups in total. The van der Waals surface area contributed by atoms with Crippen LogP contribution in [0.4, 0.5) is 0 Å². The third kappa shape index (κ3) is 3.16. The average molecular weight is 372 g/mol. The smallest absolute Gasteiger partial charge is 0.0652 e. The fraction of sp³-hybridized carbons (Fsp3) is 0.333. The predicted molar refractivity (Wildman–Crippen MR) is 106 cm³/mol. The molecular weight excluding hydrogens is 350 g/mol. The lowest BCUT2D eigenvalue weighted by atomic mass is 10.1. The monoisotopic (exact) mass is 371 g/mol. The average Bonchev–Trinajstić information content (AvgIpc) is 2.76. The van der Waals surface area contributed by atoms with E-state index in [4.69, 9.17) is 11.6 Å². The molecule has 0 fully saturated rings. The number of hydrogen-bond acceptors (Lipinski definition) is 1. The van der Waals surface area contributed by atoms with E-state index in [1.54, 1.807) is 6.26 Å². The molecule has 1 unspecified atom stereocenters. The van der Waals surface area contributed by atoms with Gasteiger partial charge in [0.2, 0.25) is 0 Å². The van der Waals surface area contributed by atoms with Crippen LogP contribution >= 0.6 is 11.6 Å². The number of para-hydroxylation sites is 1. The summed E-state index contributed by atoms with van der Waals surface area (Å²) < 4.78 is 14.8. The standard InChI is InChI=1S/C21H22ClNOS/c1-25(24)20-9-5-7-18-17-6-3-2-4-8-19(17)23(21(18)20)14-15-10-12-16(22)13-11-15/h5,7,9-13H,2-4,6,8,14H2,1H3. The molecule has 2 aromatic carbocycles. The molecule has 1 aliphatic carbocycles. The maximum atomic E-state index is 12.4. The Balaban J connectivity index is 1.95. The van der Waals surface area contributed by atoms with Crippen LogP contribution in [0.2, 0.25) is 5.02 Å². The lowest BCUT2D eigenvalue weighted by Crippen LogP contribution is -2.06. The van der Waals surface area contributed by atoms with Crippen LogP contribution in [0.3, 0.4) is 0 Å². The van der Waals surface area contributed by atoms with Gasteiger partial charge in [-0.3, -0.25) is 4.21 Å². The van der Waals surface area contributed by atoms with E-state index in [0.29, 0.717) is 0 Å². The molecule has 3 aromatic rings. The summed E-state index contributed by atoms with van der Waals surface area (Å²) in [4.78, 5) is 0.944. The minimum Gasteiger partial charge on any atom is -0.339 e. The van der Waals surface area contributed by atoms with Gasteiger partial charge in [0.25, 0.3) is 0 Å². The zero-order chi connectivity index (χ0) is 17.4. The van der Waals surface area contributed by atoms with Crippen molar-refractivity contribution >= 4 is 33.3 Å². The predicted octanol–water partition coefficient (Wildman–Crippen LogP) is 5.35. The molecule has 1 aliphatic rings. The number of rotatable bonds is 3. The Hall–Kier alpha value is -1.58. The van der Waals surface area contributed by atoms with Gasteiger partial charge >= 0.3 is 0 Å². The second-order valence-electron chi connectivity index (χ2n) is 6.80. The summed E-state index contributed by atoms with van der Waals surface area (Å²) in [6.45, 7) is 0.803. The number of halogens is 1. The highest BCUT2D eigenvalue weighted by molar-refractivity contribution is 7.84. The molecule has 1 heterocycles. The van der Waals surface area contributed by atoms with Gasteiger partial charge in [0.1, 0.15) is 0 Å². The summed E-state index contributed by atoms with van der Waals surface area (Å²) in [6.07, 6.45) is 7.77. The van der Waals surface area contributed by atoms with Crippen molar-refractivity contribution in [3.63, 3.8) is 0 Å².